The van der Waals surface area contributed by atoms with Crippen LogP contribution in [0.5, 0.6) is 11.5 Å². The fourth-order valence-electron chi connectivity index (χ4n) is 5.03. The molecule has 2 aromatic heterocycles. The van der Waals surface area contributed by atoms with Crippen LogP contribution in [0.4, 0.5) is 5.82 Å². The Bertz CT molecular complexity index is 1220. The van der Waals surface area contributed by atoms with Crippen molar-refractivity contribution in [2.75, 3.05) is 64.4 Å². The van der Waals surface area contributed by atoms with Crippen molar-refractivity contribution in [1.29, 1.82) is 0 Å². The first-order chi connectivity index (χ1) is 18.6. The quantitative estimate of drug-likeness (QED) is 0.259. The van der Waals surface area contributed by atoms with Crippen molar-refractivity contribution in [3.63, 3.8) is 0 Å². The lowest BCUT2D eigenvalue weighted by Crippen LogP contribution is -2.48. The van der Waals surface area contributed by atoms with E-state index in [2.05, 4.69) is 35.0 Å². The fourth-order valence-corrected chi connectivity index (χ4v) is 6.89. The van der Waals surface area contributed by atoms with Gasteiger partial charge in [0.1, 0.15) is 16.5 Å². The van der Waals surface area contributed by atoms with Crippen LogP contribution >= 0.6 is 35.3 Å². The Labute approximate surface area is 238 Å². The number of hydrogen-bond acceptors (Lipinski definition) is 10. The first-order valence-electron chi connectivity index (χ1n) is 13.4. The van der Waals surface area contributed by atoms with E-state index in [0.717, 1.165) is 88.1 Å². The van der Waals surface area contributed by atoms with Crippen molar-refractivity contribution in [2.24, 2.45) is 0 Å². The highest BCUT2D eigenvalue weighted by molar-refractivity contribution is 8.22. The van der Waals surface area contributed by atoms with E-state index in [-0.39, 0.29) is 0 Å². The number of piperazine rings is 1. The average Bonchev–Trinajstić information content (AvgIpc) is 3.38. The lowest BCUT2D eigenvalue weighted by atomic mass is 10.1. The van der Waals surface area contributed by atoms with Crippen LogP contribution in [-0.2, 0) is 5.75 Å². The lowest BCUT2D eigenvalue weighted by Gasteiger charge is -2.36. The number of benzene rings is 1. The Hall–Kier alpha value is -2.21. The van der Waals surface area contributed by atoms with E-state index in [0.29, 0.717) is 6.61 Å². The minimum atomic E-state index is 0.665. The summed E-state index contributed by atoms with van der Waals surface area (Å²) < 4.78 is 12.8. The normalized spacial score (nSPS) is 16.7. The van der Waals surface area contributed by atoms with Crippen LogP contribution in [-0.4, -0.2) is 88.6 Å². The molecule has 5 rings (SSSR count). The molecule has 204 valence electrons. The molecular formula is C27H36N6O2S3. The molecule has 0 spiro atoms. The van der Waals surface area contributed by atoms with Gasteiger partial charge in [0.25, 0.3) is 0 Å². The molecular weight excluding hydrogens is 537 g/mol. The Morgan fingerprint density at radius 1 is 1.05 bits per heavy atom. The van der Waals surface area contributed by atoms with Gasteiger partial charge < -0.3 is 24.2 Å². The van der Waals surface area contributed by atoms with Crippen molar-refractivity contribution in [2.45, 2.75) is 38.4 Å². The van der Waals surface area contributed by atoms with E-state index in [4.69, 9.17) is 21.7 Å². The summed E-state index contributed by atoms with van der Waals surface area (Å²) in [5.74, 6) is 3.22. The zero-order valence-electron chi connectivity index (χ0n) is 22.2. The number of thioether (sulfide) groups is 1. The second-order valence-electron chi connectivity index (χ2n) is 9.71. The summed E-state index contributed by atoms with van der Waals surface area (Å²) in [7, 11) is 1.69. The van der Waals surface area contributed by atoms with Gasteiger partial charge in [-0.2, -0.15) is 0 Å². The van der Waals surface area contributed by atoms with E-state index >= 15 is 0 Å². The molecule has 1 aromatic carbocycles. The van der Waals surface area contributed by atoms with Gasteiger partial charge in [-0.15, -0.1) is 11.3 Å². The summed E-state index contributed by atoms with van der Waals surface area (Å²) in [4.78, 5) is 20.9. The second-order valence-corrected chi connectivity index (χ2v) is 12.4. The topological polar surface area (TPSA) is 66.8 Å². The summed E-state index contributed by atoms with van der Waals surface area (Å²) >= 11 is 9.11. The Kier molecular flexibility index (Phi) is 9.53. The molecule has 2 aliphatic heterocycles. The molecule has 2 aliphatic rings. The number of hydrogen-bond donors (Lipinski definition) is 0. The van der Waals surface area contributed by atoms with Gasteiger partial charge in [-0.05, 0) is 45.3 Å². The van der Waals surface area contributed by atoms with Crippen LogP contribution in [0.25, 0.3) is 10.9 Å². The fraction of sp³-hybridized carbons (Fsp3) is 0.556. The van der Waals surface area contributed by atoms with E-state index in [1.165, 1.54) is 32.4 Å². The number of nitrogens with zero attached hydrogens (tertiary/aromatic N) is 6. The van der Waals surface area contributed by atoms with Crippen LogP contribution in [0.2, 0.25) is 0 Å². The predicted molar refractivity (Wildman–Crippen MR) is 161 cm³/mol. The molecule has 0 saturated carbocycles. The standard InChI is InChI=1S/C27H36N6O2S3/c1-20-30-21(17-37-20)18-38-27(36)33-12-10-32(11-13-33)26-22-15-24(34-2)25(16-23(22)28-19-29-26)35-14-6-9-31-7-4-3-5-8-31/h15-17,19H,3-14,18H2,1-2H3. The van der Waals surface area contributed by atoms with E-state index in [9.17, 15) is 0 Å². The summed E-state index contributed by atoms with van der Waals surface area (Å²) in [5.41, 5.74) is 1.97. The number of fused-ring (bicyclic) bond motifs is 1. The number of thiocarbonyl (C=S) groups is 1. The van der Waals surface area contributed by atoms with Gasteiger partial charge in [0, 0.05) is 55.3 Å². The molecule has 0 N–H and O–H groups in total. The monoisotopic (exact) mass is 572 g/mol. The highest BCUT2D eigenvalue weighted by Crippen LogP contribution is 2.35. The molecule has 0 radical (unpaired) electrons. The van der Waals surface area contributed by atoms with Crippen molar-refractivity contribution >= 4 is 56.4 Å². The molecule has 0 atom stereocenters. The Balaban J connectivity index is 1.18. The molecule has 0 aliphatic carbocycles. The first kappa shape index (κ1) is 27.4. The lowest BCUT2D eigenvalue weighted by molar-refractivity contribution is 0.203. The Morgan fingerprint density at radius 2 is 1.87 bits per heavy atom. The molecule has 4 heterocycles. The van der Waals surface area contributed by atoms with Gasteiger partial charge in [-0.3, -0.25) is 0 Å². The largest absolute Gasteiger partial charge is 0.493 e. The SMILES string of the molecule is COc1cc2c(N3CCN(C(=S)SCc4csc(C)n4)CC3)ncnc2cc1OCCCN1CCCCC1. The van der Waals surface area contributed by atoms with Crippen molar-refractivity contribution in [3.05, 3.63) is 34.5 Å². The maximum absolute atomic E-state index is 6.16. The number of aromatic nitrogens is 3. The minimum Gasteiger partial charge on any atom is -0.493 e. The van der Waals surface area contributed by atoms with Crippen LogP contribution in [0.15, 0.2) is 23.8 Å². The Morgan fingerprint density at radius 3 is 2.61 bits per heavy atom. The first-order valence-corrected chi connectivity index (χ1v) is 15.6. The van der Waals surface area contributed by atoms with Gasteiger partial charge in [0.15, 0.2) is 11.5 Å². The molecule has 8 nitrogen and oxygen atoms in total. The number of thiazole rings is 1. The number of aryl methyl sites for hydroxylation is 1. The molecule has 38 heavy (non-hydrogen) atoms. The van der Waals surface area contributed by atoms with Gasteiger partial charge >= 0.3 is 0 Å². The van der Waals surface area contributed by atoms with Crippen molar-refractivity contribution in [3.8, 4) is 11.5 Å². The van der Waals surface area contributed by atoms with Crippen LogP contribution in [0, 0.1) is 6.92 Å². The maximum atomic E-state index is 6.16. The summed E-state index contributed by atoms with van der Waals surface area (Å²) in [6, 6.07) is 4.01. The molecule has 2 fully saturated rings. The van der Waals surface area contributed by atoms with Crippen LogP contribution in [0.1, 0.15) is 36.4 Å². The zero-order chi connectivity index (χ0) is 26.3. The third-order valence-electron chi connectivity index (χ3n) is 7.07. The molecule has 0 unspecified atom stereocenters. The maximum Gasteiger partial charge on any atom is 0.163 e. The molecule has 0 bridgehead atoms. The number of methoxy groups -OCH3 is 1. The van der Waals surface area contributed by atoms with Crippen LogP contribution < -0.4 is 14.4 Å². The molecule has 2 saturated heterocycles. The van der Waals surface area contributed by atoms with Gasteiger partial charge in [0.05, 0.1) is 29.9 Å². The third-order valence-corrected chi connectivity index (χ3v) is 9.45. The number of anilines is 1. The number of ether oxygens (including phenoxy) is 2. The summed E-state index contributed by atoms with van der Waals surface area (Å²) in [5, 5.41) is 4.19. The highest BCUT2D eigenvalue weighted by atomic mass is 32.2. The molecule has 11 heteroatoms. The highest BCUT2D eigenvalue weighted by Gasteiger charge is 2.23. The van der Waals surface area contributed by atoms with Crippen LogP contribution in [0.3, 0.4) is 0 Å². The van der Waals surface area contributed by atoms with Crippen molar-refractivity contribution < 1.29 is 9.47 Å². The number of rotatable bonds is 9. The smallest absolute Gasteiger partial charge is 0.163 e. The van der Waals surface area contributed by atoms with E-state index in [1.54, 1.807) is 36.5 Å². The predicted octanol–water partition coefficient (Wildman–Crippen LogP) is 5.00. The van der Waals surface area contributed by atoms with Gasteiger partial charge in [-0.25, -0.2) is 15.0 Å². The minimum absolute atomic E-state index is 0.665. The number of piperidine rings is 1. The van der Waals surface area contributed by atoms with Gasteiger partial charge in [0.2, 0.25) is 0 Å². The summed E-state index contributed by atoms with van der Waals surface area (Å²) in [6.07, 6.45) is 6.64. The van der Waals surface area contributed by atoms with Crippen molar-refractivity contribution in [1.82, 2.24) is 24.8 Å². The average molecular weight is 573 g/mol. The van der Waals surface area contributed by atoms with E-state index in [1.807, 2.05) is 19.1 Å². The molecule has 0 amide bonds. The van der Waals surface area contributed by atoms with E-state index < -0.39 is 0 Å². The summed E-state index contributed by atoms with van der Waals surface area (Å²) in [6.45, 7) is 9.63. The van der Waals surface area contributed by atoms with Gasteiger partial charge in [-0.1, -0.05) is 30.4 Å². The second kappa shape index (κ2) is 13.2. The molecule has 3 aromatic rings. The zero-order valence-corrected chi connectivity index (χ0v) is 24.7. The third kappa shape index (κ3) is 6.86. The number of likely N-dealkylation sites (tertiary alicyclic amines) is 1.